The van der Waals surface area contributed by atoms with Gasteiger partial charge in [0.15, 0.2) is 0 Å². The summed E-state index contributed by atoms with van der Waals surface area (Å²) in [5, 5.41) is 8.06. The number of rotatable bonds is 4. The molecule has 1 aliphatic heterocycles. The molecule has 2 rings (SSSR count). The van der Waals surface area contributed by atoms with Gasteiger partial charge in [-0.1, -0.05) is 6.92 Å². The van der Waals surface area contributed by atoms with Gasteiger partial charge >= 0.3 is 0 Å². The van der Waals surface area contributed by atoms with Gasteiger partial charge < -0.3 is 5.32 Å². The summed E-state index contributed by atoms with van der Waals surface area (Å²) in [6.45, 7) is 5.30. The van der Waals surface area contributed by atoms with Crippen molar-refractivity contribution in [2.75, 3.05) is 18.1 Å². The van der Waals surface area contributed by atoms with Gasteiger partial charge in [-0.25, -0.2) is 0 Å². The van der Waals surface area contributed by atoms with Crippen LogP contribution in [0.15, 0.2) is 4.47 Å². The van der Waals surface area contributed by atoms with Crippen LogP contribution >= 0.6 is 27.7 Å². The Bertz CT molecular complexity index is 391. The molecule has 0 bridgehead atoms. The van der Waals surface area contributed by atoms with Crippen LogP contribution in [-0.4, -0.2) is 33.9 Å². The zero-order chi connectivity index (χ0) is 12.4. The fraction of sp³-hybridized carbons (Fsp3) is 0.750. The van der Waals surface area contributed by atoms with Gasteiger partial charge in [0.05, 0.1) is 15.9 Å². The molecule has 0 aliphatic carbocycles. The number of nitrogens with zero attached hydrogens (tertiary/aromatic N) is 2. The molecule has 0 amide bonds. The van der Waals surface area contributed by atoms with Crippen molar-refractivity contribution in [3.63, 3.8) is 0 Å². The minimum atomic E-state index is 0.659. The highest BCUT2D eigenvalue weighted by Crippen LogP contribution is 2.30. The molecule has 0 aromatic carbocycles. The lowest BCUT2D eigenvalue weighted by atomic mass is 9.97. The molecule has 1 saturated heterocycles. The highest BCUT2D eigenvalue weighted by Gasteiger charge is 2.28. The lowest BCUT2D eigenvalue weighted by molar-refractivity contribution is 0.424. The molecule has 3 nitrogen and oxygen atoms in total. The first-order chi connectivity index (χ1) is 8.13. The number of hydrogen-bond acceptors (Lipinski definition) is 3. The van der Waals surface area contributed by atoms with Crippen LogP contribution in [0, 0.1) is 12.8 Å². The lowest BCUT2D eigenvalue weighted by Gasteiger charge is -2.19. The maximum atomic E-state index is 4.47. The lowest BCUT2D eigenvalue weighted by Crippen LogP contribution is -2.36. The van der Waals surface area contributed by atoms with Crippen LogP contribution in [0.3, 0.4) is 0 Å². The summed E-state index contributed by atoms with van der Waals surface area (Å²) in [6.07, 6.45) is 1.11. The summed E-state index contributed by atoms with van der Waals surface area (Å²) < 4.78 is 3.21. The van der Waals surface area contributed by atoms with Crippen molar-refractivity contribution in [3.8, 4) is 0 Å². The minimum absolute atomic E-state index is 0.659. The molecule has 5 heteroatoms. The summed E-state index contributed by atoms with van der Waals surface area (Å²) in [5.74, 6) is 3.23. The van der Waals surface area contributed by atoms with Gasteiger partial charge in [0, 0.05) is 18.8 Å². The average molecular weight is 318 g/mol. The SMILES string of the molecule is CCNC1CSCC1Cc1c(Br)c(C)nn1C. The number of aromatic nitrogens is 2. The Hall–Kier alpha value is 0. The minimum Gasteiger partial charge on any atom is -0.313 e. The molecule has 1 aliphatic rings. The van der Waals surface area contributed by atoms with Crippen LogP contribution in [0.5, 0.6) is 0 Å². The summed E-state index contributed by atoms with van der Waals surface area (Å²) in [4.78, 5) is 0. The molecule has 17 heavy (non-hydrogen) atoms. The maximum absolute atomic E-state index is 4.47. The van der Waals surface area contributed by atoms with Crippen LogP contribution in [-0.2, 0) is 13.5 Å². The predicted molar refractivity (Wildman–Crippen MR) is 77.6 cm³/mol. The van der Waals surface area contributed by atoms with E-state index < -0.39 is 0 Å². The Labute approximate surface area is 116 Å². The zero-order valence-electron chi connectivity index (χ0n) is 10.7. The quantitative estimate of drug-likeness (QED) is 0.924. The van der Waals surface area contributed by atoms with Crippen molar-refractivity contribution in [1.82, 2.24) is 15.1 Å². The Morgan fingerprint density at radius 3 is 2.88 bits per heavy atom. The van der Waals surface area contributed by atoms with E-state index in [2.05, 4.69) is 52.0 Å². The van der Waals surface area contributed by atoms with Gasteiger partial charge in [0.25, 0.3) is 0 Å². The number of aryl methyl sites for hydroxylation is 2. The maximum Gasteiger partial charge on any atom is 0.0738 e. The van der Waals surface area contributed by atoms with E-state index in [1.54, 1.807) is 0 Å². The van der Waals surface area contributed by atoms with E-state index in [9.17, 15) is 0 Å². The highest BCUT2D eigenvalue weighted by molar-refractivity contribution is 9.10. The number of hydrogen-bond donors (Lipinski definition) is 1. The van der Waals surface area contributed by atoms with Crippen molar-refractivity contribution >= 4 is 27.7 Å². The Balaban J connectivity index is 2.09. The standard InChI is InChI=1S/C12H20BrN3S/c1-4-14-10-7-17-6-9(10)5-11-12(13)8(2)15-16(11)3/h9-10,14H,4-7H2,1-3H3. The van der Waals surface area contributed by atoms with Crippen molar-refractivity contribution in [1.29, 1.82) is 0 Å². The van der Waals surface area contributed by atoms with Gasteiger partial charge in [-0.3, -0.25) is 4.68 Å². The first kappa shape index (κ1) is 13.4. The Morgan fingerprint density at radius 2 is 2.29 bits per heavy atom. The second-order valence-corrected chi connectivity index (χ2v) is 6.50. The molecule has 1 aromatic rings. The van der Waals surface area contributed by atoms with Crippen molar-refractivity contribution in [2.24, 2.45) is 13.0 Å². The number of halogens is 1. The first-order valence-electron chi connectivity index (χ1n) is 6.12. The second kappa shape index (κ2) is 5.76. The zero-order valence-corrected chi connectivity index (χ0v) is 13.1. The molecule has 1 N–H and O–H groups in total. The van der Waals surface area contributed by atoms with Crippen LogP contribution in [0.25, 0.3) is 0 Å². The second-order valence-electron chi connectivity index (χ2n) is 4.64. The molecule has 0 radical (unpaired) electrons. The van der Waals surface area contributed by atoms with E-state index in [1.165, 1.54) is 21.7 Å². The predicted octanol–water partition coefficient (Wildman–Crippen LogP) is 2.37. The van der Waals surface area contributed by atoms with E-state index in [0.29, 0.717) is 6.04 Å². The summed E-state index contributed by atoms with van der Waals surface area (Å²) in [6, 6.07) is 0.659. The van der Waals surface area contributed by atoms with E-state index in [4.69, 9.17) is 0 Å². The summed E-state index contributed by atoms with van der Waals surface area (Å²) in [7, 11) is 2.04. The van der Waals surface area contributed by atoms with Crippen molar-refractivity contribution in [3.05, 3.63) is 15.9 Å². The van der Waals surface area contributed by atoms with Gasteiger partial charge in [0.2, 0.25) is 0 Å². The Morgan fingerprint density at radius 1 is 1.53 bits per heavy atom. The smallest absolute Gasteiger partial charge is 0.0738 e. The van der Waals surface area contributed by atoms with Gasteiger partial charge in [-0.15, -0.1) is 0 Å². The average Bonchev–Trinajstić information content (AvgIpc) is 2.81. The van der Waals surface area contributed by atoms with Crippen LogP contribution < -0.4 is 5.32 Å². The first-order valence-corrected chi connectivity index (χ1v) is 8.07. The van der Waals surface area contributed by atoms with Crippen LogP contribution in [0.4, 0.5) is 0 Å². The molecular formula is C12H20BrN3S. The third kappa shape index (κ3) is 2.88. The van der Waals surface area contributed by atoms with Crippen LogP contribution in [0.2, 0.25) is 0 Å². The van der Waals surface area contributed by atoms with Crippen molar-refractivity contribution < 1.29 is 0 Å². The largest absolute Gasteiger partial charge is 0.313 e. The van der Waals surface area contributed by atoms with E-state index in [0.717, 1.165) is 24.6 Å². The number of nitrogens with one attached hydrogen (secondary N) is 1. The fourth-order valence-corrected chi connectivity index (χ4v) is 4.37. The third-order valence-corrected chi connectivity index (χ3v) is 5.67. The van der Waals surface area contributed by atoms with E-state index >= 15 is 0 Å². The van der Waals surface area contributed by atoms with Gasteiger partial charge in [0.1, 0.15) is 0 Å². The van der Waals surface area contributed by atoms with Gasteiger partial charge in [-0.2, -0.15) is 16.9 Å². The summed E-state index contributed by atoms with van der Waals surface area (Å²) in [5.41, 5.74) is 2.42. The van der Waals surface area contributed by atoms with Crippen LogP contribution in [0.1, 0.15) is 18.3 Å². The van der Waals surface area contributed by atoms with E-state index in [1.807, 2.05) is 11.7 Å². The van der Waals surface area contributed by atoms with Gasteiger partial charge in [-0.05, 0) is 47.5 Å². The topological polar surface area (TPSA) is 29.9 Å². The molecule has 2 atom stereocenters. The number of thioether (sulfide) groups is 1. The fourth-order valence-electron chi connectivity index (χ4n) is 2.44. The van der Waals surface area contributed by atoms with E-state index in [-0.39, 0.29) is 0 Å². The third-order valence-electron chi connectivity index (χ3n) is 3.38. The summed E-state index contributed by atoms with van der Waals surface area (Å²) >= 11 is 5.72. The molecule has 2 heterocycles. The molecule has 96 valence electrons. The molecular weight excluding hydrogens is 298 g/mol. The van der Waals surface area contributed by atoms with Crippen molar-refractivity contribution in [2.45, 2.75) is 26.3 Å². The normalized spacial score (nSPS) is 24.5. The molecule has 0 spiro atoms. The molecule has 1 fully saturated rings. The molecule has 2 unspecified atom stereocenters. The monoisotopic (exact) mass is 317 g/mol. The highest BCUT2D eigenvalue weighted by atomic mass is 79.9. The molecule has 0 saturated carbocycles. The Kier molecular flexibility index (Phi) is 4.55. The molecule has 1 aromatic heterocycles.